The van der Waals surface area contributed by atoms with Crippen molar-refractivity contribution in [2.75, 3.05) is 0 Å². The molecule has 1 amide bonds. The minimum Gasteiger partial charge on any atom is -0.368 e. The van der Waals surface area contributed by atoms with Crippen molar-refractivity contribution < 1.29 is 13.2 Å². The zero-order valence-electron chi connectivity index (χ0n) is 11.3. The van der Waals surface area contributed by atoms with Crippen LogP contribution in [0.3, 0.4) is 0 Å². The van der Waals surface area contributed by atoms with Crippen LogP contribution in [0.25, 0.3) is 0 Å². The van der Waals surface area contributed by atoms with E-state index >= 15 is 0 Å². The molecule has 0 heterocycles. The second kappa shape index (κ2) is 5.99. The Hall–Kier alpha value is -1.66. The maximum absolute atomic E-state index is 12.7. The molecule has 0 aromatic heterocycles. The van der Waals surface area contributed by atoms with Gasteiger partial charge in [-0.05, 0) is 36.8 Å². The number of carbonyl (C=O) groups is 1. The first-order chi connectivity index (χ1) is 9.82. The number of carbonyl (C=O) groups excluding carboxylic acids is 1. The number of sulfone groups is 1. The van der Waals surface area contributed by atoms with Gasteiger partial charge in [-0.1, -0.05) is 45.8 Å². The third-order valence-corrected chi connectivity index (χ3v) is 5.62. The molecule has 0 radical (unpaired) electrons. The third kappa shape index (κ3) is 3.33. The number of hydrogen-bond acceptors (Lipinski definition) is 3. The Morgan fingerprint density at radius 2 is 1.76 bits per heavy atom. The number of aryl methyl sites for hydroxylation is 1. The summed E-state index contributed by atoms with van der Waals surface area (Å²) in [5, 5.41) is -1.40. The first kappa shape index (κ1) is 15.7. The van der Waals surface area contributed by atoms with Gasteiger partial charge >= 0.3 is 0 Å². The van der Waals surface area contributed by atoms with Gasteiger partial charge < -0.3 is 5.73 Å². The van der Waals surface area contributed by atoms with Crippen LogP contribution in [0.5, 0.6) is 0 Å². The lowest BCUT2D eigenvalue weighted by atomic mass is 10.1. The Labute approximate surface area is 132 Å². The van der Waals surface area contributed by atoms with E-state index in [1.54, 1.807) is 36.4 Å². The maximum Gasteiger partial charge on any atom is 0.240 e. The van der Waals surface area contributed by atoms with Crippen molar-refractivity contribution in [1.29, 1.82) is 0 Å². The highest BCUT2D eigenvalue weighted by Gasteiger charge is 2.34. The first-order valence-corrected chi connectivity index (χ1v) is 8.51. The number of primary amides is 1. The lowest BCUT2D eigenvalue weighted by Gasteiger charge is -2.15. The lowest BCUT2D eigenvalue weighted by Crippen LogP contribution is -2.28. The smallest absolute Gasteiger partial charge is 0.240 e. The van der Waals surface area contributed by atoms with Crippen LogP contribution < -0.4 is 5.73 Å². The summed E-state index contributed by atoms with van der Waals surface area (Å²) in [6.45, 7) is 1.86. The second-order valence-corrected chi connectivity index (χ2v) is 7.64. The van der Waals surface area contributed by atoms with Crippen LogP contribution in [0, 0.1) is 6.92 Å². The highest BCUT2D eigenvalue weighted by atomic mass is 79.9. The zero-order chi connectivity index (χ0) is 15.6. The predicted octanol–water partition coefficient (Wildman–Crippen LogP) is 2.76. The molecule has 0 bridgehead atoms. The molecule has 21 heavy (non-hydrogen) atoms. The average Bonchev–Trinajstić information content (AvgIpc) is 2.38. The molecule has 0 aliphatic heterocycles. The van der Waals surface area contributed by atoms with Gasteiger partial charge in [0.15, 0.2) is 15.1 Å². The Kier molecular flexibility index (Phi) is 4.49. The topological polar surface area (TPSA) is 77.2 Å². The van der Waals surface area contributed by atoms with Crippen LogP contribution >= 0.6 is 15.9 Å². The molecule has 2 N–H and O–H groups in total. The van der Waals surface area contributed by atoms with Crippen molar-refractivity contribution in [2.45, 2.75) is 17.1 Å². The van der Waals surface area contributed by atoms with Crippen LogP contribution in [0.15, 0.2) is 57.9 Å². The third-order valence-electron chi connectivity index (χ3n) is 3.07. The fourth-order valence-electron chi connectivity index (χ4n) is 2.03. The van der Waals surface area contributed by atoms with Gasteiger partial charge in [0.25, 0.3) is 0 Å². The fourth-order valence-corrected chi connectivity index (χ4v) is 4.05. The van der Waals surface area contributed by atoms with Gasteiger partial charge in [0.05, 0.1) is 4.90 Å². The molecule has 0 aliphatic rings. The number of rotatable bonds is 4. The quantitative estimate of drug-likeness (QED) is 0.902. The maximum atomic E-state index is 12.7. The van der Waals surface area contributed by atoms with Gasteiger partial charge in [0, 0.05) is 4.47 Å². The summed E-state index contributed by atoms with van der Waals surface area (Å²) >= 11 is 3.27. The molecule has 1 unspecified atom stereocenters. The molecule has 2 aromatic carbocycles. The van der Waals surface area contributed by atoms with E-state index in [0.717, 1.165) is 5.56 Å². The normalized spacial score (nSPS) is 12.9. The van der Waals surface area contributed by atoms with E-state index in [1.165, 1.54) is 12.1 Å². The van der Waals surface area contributed by atoms with Gasteiger partial charge in [0.1, 0.15) is 0 Å². The molecule has 0 saturated heterocycles. The van der Waals surface area contributed by atoms with Crippen molar-refractivity contribution in [3.05, 3.63) is 64.1 Å². The molecule has 2 aromatic rings. The molecule has 110 valence electrons. The monoisotopic (exact) mass is 367 g/mol. The van der Waals surface area contributed by atoms with Gasteiger partial charge in [-0.25, -0.2) is 8.42 Å². The molecule has 6 heteroatoms. The number of amides is 1. The van der Waals surface area contributed by atoms with Gasteiger partial charge in [-0.2, -0.15) is 0 Å². The fraction of sp³-hybridized carbons (Fsp3) is 0.133. The molecule has 0 saturated carbocycles. The average molecular weight is 368 g/mol. The minimum atomic E-state index is -3.88. The molecule has 1 atom stereocenters. The summed E-state index contributed by atoms with van der Waals surface area (Å²) in [6, 6.07) is 12.9. The molecular formula is C15H14BrNO3S. The molecule has 2 rings (SSSR count). The van der Waals surface area contributed by atoms with Crippen molar-refractivity contribution in [3.63, 3.8) is 0 Å². The number of halogens is 1. The minimum absolute atomic E-state index is 0.0804. The Balaban J connectivity index is 2.57. The van der Waals surface area contributed by atoms with Crippen LogP contribution in [-0.2, 0) is 14.6 Å². The number of hydrogen-bond donors (Lipinski definition) is 1. The Morgan fingerprint density at radius 3 is 2.29 bits per heavy atom. The van der Waals surface area contributed by atoms with E-state index in [-0.39, 0.29) is 4.90 Å². The largest absolute Gasteiger partial charge is 0.368 e. The SMILES string of the molecule is Cc1ccc(S(=O)(=O)C(C(N)=O)c2cccc(Br)c2)cc1. The molecule has 0 fully saturated rings. The molecule has 0 aliphatic carbocycles. The number of benzene rings is 2. The predicted molar refractivity (Wildman–Crippen MR) is 84.4 cm³/mol. The Bertz CT molecular complexity index is 770. The summed E-state index contributed by atoms with van der Waals surface area (Å²) in [7, 11) is -3.88. The van der Waals surface area contributed by atoms with Crippen LogP contribution in [0.1, 0.15) is 16.4 Å². The standard InChI is InChI=1S/C15H14BrNO3S/c1-10-5-7-13(8-6-10)21(19,20)14(15(17)18)11-3-2-4-12(16)9-11/h2-9,14H,1H3,(H2,17,18). The number of nitrogens with two attached hydrogens (primary N) is 1. The van der Waals surface area contributed by atoms with E-state index in [1.807, 2.05) is 6.92 Å². The first-order valence-electron chi connectivity index (χ1n) is 6.18. The second-order valence-electron chi connectivity index (χ2n) is 4.70. The van der Waals surface area contributed by atoms with Crippen LogP contribution in [0.4, 0.5) is 0 Å². The summed E-state index contributed by atoms with van der Waals surface area (Å²) in [6.07, 6.45) is 0. The Morgan fingerprint density at radius 1 is 1.14 bits per heavy atom. The van der Waals surface area contributed by atoms with E-state index < -0.39 is 21.0 Å². The molecule has 4 nitrogen and oxygen atoms in total. The van der Waals surface area contributed by atoms with Gasteiger partial charge in [0.2, 0.25) is 5.91 Å². The molecular weight excluding hydrogens is 354 g/mol. The lowest BCUT2D eigenvalue weighted by molar-refractivity contribution is -0.117. The van der Waals surface area contributed by atoms with Gasteiger partial charge in [-0.15, -0.1) is 0 Å². The van der Waals surface area contributed by atoms with Crippen molar-refractivity contribution in [1.82, 2.24) is 0 Å². The van der Waals surface area contributed by atoms with Crippen LogP contribution in [0.2, 0.25) is 0 Å². The van der Waals surface area contributed by atoms with E-state index in [2.05, 4.69) is 15.9 Å². The molecule has 0 spiro atoms. The van der Waals surface area contributed by atoms with Gasteiger partial charge in [-0.3, -0.25) is 4.79 Å². The van der Waals surface area contributed by atoms with E-state index in [9.17, 15) is 13.2 Å². The van der Waals surface area contributed by atoms with Crippen molar-refractivity contribution >= 4 is 31.7 Å². The van der Waals surface area contributed by atoms with Crippen LogP contribution in [-0.4, -0.2) is 14.3 Å². The summed E-state index contributed by atoms with van der Waals surface area (Å²) in [5.74, 6) is -0.895. The van der Waals surface area contributed by atoms with Crippen molar-refractivity contribution in [3.8, 4) is 0 Å². The summed E-state index contributed by atoms with van der Waals surface area (Å²) < 4.78 is 26.0. The van der Waals surface area contributed by atoms with E-state index in [4.69, 9.17) is 5.73 Å². The van der Waals surface area contributed by atoms with E-state index in [0.29, 0.717) is 10.0 Å². The highest BCUT2D eigenvalue weighted by molar-refractivity contribution is 9.10. The summed E-state index contributed by atoms with van der Waals surface area (Å²) in [5.41, 5.74) is 6.62. The summed E-state index contributed by atoms with van der Waals surface area (Å²) in [4.78, 5) is 11.8. The highest BCUT2D eigenvalue weighted by Crippen LogP contribution is 2.30. The van der Waals surface area contributed by atoms with Crippen molar-refractivity contribution in [2.24, 2.45) is 5.73 Å². The zero-order valence-corrected chi connectivity index (χ0v) is 13.7.